The van der Waals surface area contributed by atoms with Gasteiger partial charge in [-0.1, -0.05) is 18.2 Å². The average Bonchev–Trinajstić information content (AvgIpc) is 2.97. The summed E-state index contributed by atoms with van der Waals surface area (Å²) in [7, 11) is -3.69. The number of anilines is 1. The van der Waals surface area contributed by atoms with Crippen LogP contribution < -0.4 is 14.4 Å². The molecule has 2 aromatic carbocycles. The molecule has 0 radical (unpaired) electrons. The molecule has 0 unspecified atom stereocenters. The van der Waals surface area contributed by atoms with Crippen molar-refractivity contribution in [3.05, 3.63) is 53.6 Å². The summed E-state index contributed by atoms with van der Waals surface area (Å²) in [4.78, 5) is 13.8. The Bertz CT molecular complexity index is 1000. The highest BCUT2D eigenvalue weighted by atomic mass is 32.2. The first-order chi connectivity index (χ1) is 12.9. The van der Waals surface area contributed by atoms with Crippen LogP contribution in [0, 0.1) is 0 Å². The van der Waals surface area contributed by atoms with Crippen LogP contribution in [0.5, 0.6) is 5.75 Å². The van der Waals surface area contributed by atoms with Gasteiger partial charge in [-0.3, -0.25) is 4.79 Å². The molecular weight excluding hydrogens is 364 g/mol. The number of nitrogens with one attached hydrogen (secondary N) is 1. The number of ether oxygens (including phenoxy) is 1. The molecule has 0 bridgehead atoms. The fraction of sp³-hybridized carbons (Fsp3) is 0.350. The molecule has 0 spiro atoms. The van der Waals surface area contributed by atoms with Gasteiger partial charge in [0, 0.05) is 30.6 Å². The van der Waals surface area contributed by atoms with E-state index >= 15 is 0 Å². The summed E-state index contributed by atoms with van der Waals surface area (Å²) in [5.74, 6) is 0.685. The van der Waals surface area contributed by atoms with E-state index in [1.165, 1.54) is 6.92 Å². The number of benzene rings is 2. The number of fused-ring (bicyclic) bond motifs is 2. The molecule has 1 N–H and O–H groups in total. The van der Waals surface area contributed by atoms with Crippen molar-refractivity contribution in [1.29, 1.82) is 0 Å². The smallest absolute Gasteiger partial charge is 0.241 e. The third kappa shape index (κ3) is 3.21. The van der Waals surface area contributed by atoms with E-state index in [4.69, 9.17) is 4.74 Å². The molecule has 142 valence electrons. The summed E-state index contributed by atoms with van der Waals surface area (Å²) in [6.07, 6.45) is 1.23. The van der Waals surface area contributed by atoms with Crippen molar-refractivity contribution in [2.45, 2.75) is 43.7 Å². The maximum absolute atomic E-state index is 13.0. The number of para-hydroxylation sites is 1. The van der Waals surface area contributed by atoms with Gasteiger partial charge >= 0.3 is 0 Å². The number of amides is 1. The Kier molecular flexibility index (Phi) is 4.44. The minimum atomic E-state index is -3.69. The average molecular weight is 386 g/mol. The van der Waals surface area contributed by atoms with Gasteiger partial charge < -0.3 is 9.64 Å². The molecule has 2 aliphatic rings. The van der Waals surface area contributed by atoms with Crippen LogP contribution in [0.3, 0.4) is 0 Å². The normalized spacial score (nSPS) is 21.3. The van der Waals surface area contributed by atoms with Crippen LogP contribution in [-0.4, -0.2) is 27.0 Å². The van der Waals surface area contributed by atoms with E-state index in [0.29, 0.717) is 19.4 Å². The molecule has 4 rings (SSSR count). The number of rotatable bonds is 3. The number of hydrogen-bond donors (Lipinski definition) is 1. The SMILES string of the molecule is CC(=O)N1c2ccc(S(=O)(=O)N[C@H]3CCOc4ccccc43)cc2C[C@@H]1C. The molecule has 6 nitrogen and oxygen atoms in total. The third-order valence-electron chi connectivity index (χ3n) is 5.17. The summed E-state index contributed by atoms with van der Waals surface area (Å²) in [6, 6.07) is 12.2. The summed E-state index contributed by atoms with van der Waals surface area (Å²) in [6.45, 7) is 3.96. The fourth-order valence-corrected chi connectivity index (χ4v) is 5.27. The first-order valence-corrected chi connectivity index (χ1v) is 10.5. The largest absolute Gasteiger partial charge is 0.493 e. The van der Waals surface area contributed by atoms with Crippen LogP contribution in [0.1, 0.15) is 37.4 Å². The summed E-state index contributed by atoms with van der Waals surface area (Å²) in [5, 5.41) is 0. The van der Waals surface area contributed by atoms with Gasteiger partial charge in [0.1, 0.15) is 5.75 Å². The van der Waals surface area contributed by atoms with Gasteiger partial charge in [0.2, 0.25) is 15.9 Å². The molecular formula is C20H22N2O4S. The highest BCUT2D eigenvalue weighted by Crippen LogP contribution is 2.35. The molecule has 1 amide bonds. The number of carbonyl (C=O) groups is 1. The maximum atomic E-state index is 13.0. The van der Waals surface area contributed by atoms with Crippen molar-refractivity contribution >= 4 is 21.6 Å². The van der Waals surface area contributed by atoms with Gasteiger partial charge in [-0.15, -0.1) is 0 Å². The van der Waals surface area contributed by atoms with Crippen LogP contribution >= 0.6 is 0 Å². The monoisotopic (exact) mass is 386 g/mol. The second-order valence-corrected chi connectivity index (χ2v) is 8.80. The molecule has 0 aliphatic carbocycles. The lowest BCUT2D eigenvalue weighted by Gasteiger charge is -2.26. The first-order valence-electron chi connectivity index (χ1n) is 9.03. The van der Waals surface area contributed by atoms with E-state index in [9.17, 15) is 13.2 Å². The zero-order valence-corrected chi connectivity index (χ0v) is 16.1. The van der Waals surface area contributed by atoms with Gasteiger partial charge in [0.05, 0.1) is 17.5 Å². The molecule has 0 fully saturated rings. The number of hydrogen-bond acceptors (Lipinski definition) is 4. The van der Waals surface area contributed by atoms with Crippen molar-refractivity contribution in [3.8, 4) is 5.75 Å². The Morgan fingerprint density at radius 2 is 2.00 bits per heavy atom. The van der Waals surface area contributed by atoms with Crippen LogP contribution in [0.4, 0.5) is 5.69 Å². The quantitative estimate of drug-likeness (QED) is 0.880. The lowest BCUT2D eigenvalue weighted by molar-refractivity contribution is -0.116. The van der Waals surface area contributed by atoms with Gasteiger partial charge in [-0.2, -0.15) is 0 Å². The maximum Gasteiger partial charge on any atom is 0.241 e. The molecule has 0 saturated heterocycles. The lowest BCUT2D eigenvalue weighted by Crippen LogP contribution is -2.33. The number of sulfonamides is 1. The van der Waals surface area contributed by atoms with E-state index in [0.717, 1.165) is 22.6 Å². The molecule has 0 saturated carbocycles. The molecule has 7 heteroatoms. The van der Waals surface area contributed by atoms with Gasteiger partial charge in [-0.05, 0) is 43.2 Å². The Morgan fingerprint density at radius 3 is 2.78 bits per heavy atom. The van der Waals surface area contributed by atoms with E-state index in [2.05, 4.69) is 4.72 Å². The van der Waals surface area contributed by atoms with Crippen LogP contribution in [0.15, 0.2) is 47.4 Å². The fourth-order valence-electron chi connectivity index (χ4n) is 3.97. The molecule has 2 aliphatic heterocycles. The molecule has 2 atom stereocenters. The zero-order chi connectivity index (χ0) is 19.2. The summed E-state index contributed by atoms with van der Waals surface area (Å²) in [5.41, 5.74) is 2.53. The summed E-state index contributed by atoms with van der Waals surface area (Å²) >= 11 is 0. The van der Waals surface area contributed by atoms with Gasteiger partial charge in [0.15, 0.2) is 0 Å². The van der Waals surface area contributed by atoms with Crippen LogP contribution in [0.25, 0.3) is 0 Å². The first kappa shape index (κ1) is 18.0. The highest BCUT2D eigenvalue weighted by molar-refractivity contribution is 7.89. The van der Waals surface area contributed by atoms with Crippen molar-refractivity contribution in [3.63, 3.8) is 0 Å². The topological polar surface area (TPSA) is 75.7 Å². The number of carbonyl (C=O) groups excluding carboxylic acids is 1. The van der Waals surface area contributed by atoms with E-state index in [1.54, 1.807) is 23.1 Å². The molecule has 27 heavy (non-hydrogen) atoms. The van der Waals surface area contributed by atoms with Crippen LogP contribution in [0.2, 0.25) is 0 Å². The van der Waals surface area contributed by atoms with E-state index < -0.39 is 10.0 Å². The van der Waals surface area contributed by atoms with Gasteiger partial charge in [0.25, 0.3) is 0 Å². The van der Waals surface area contributed by atoms with E-state index in [-0.39, 0.29) is 22.9 Å². The standard InChI is InChI=1S/C20H22N2O4S/c1-13-11-15-12-16(7-8-19(15)22(13)14(2)23)27(24,25)21-18-9-10-26-20-6-4-3-5-17(18)20/h3-8,12-13,18,21H,9-11H2,1-2H3/t13-,18-/m0/s1. The molecule has 2 aromatic rings. The minimum Gasteiger partial charge on any atom is -0.493 e. The van der Waals surface area contributed by atoms with Gasteiger partial charge in [-0.25, -0.2) is 13.1 Å². The Morgan fingerprint density at radius 1 is 1.22 bits per heavy atom. The minimum absolute atomic E-state index is 0.0331. The Labute approximate surface area is 159 Å². The molecule has 0 aromatic heterocycles. The predicted octanol–water partition coefficient (Wildman–Crippen LogP) is 2.79. The van der Waals surface area contributed by atoms with Crippen molar-refractivity contribution in [2.24, 2.45) is 0 Å². The van der Waals surface area contributed by atoms with Crippen molar-refractivity contribution in [2.75, 3.05) is 11.5 Å². The highest BCUT2D eigenvalue weighted by Gasteiger charge is 2.31. The van der Waals surface area contributed by atoms with Crippen LogP contribution in [-0.2, 0) is 21.2 Å². The van der Waals surface area contributed by atoms with Crippen molar-refractivity contribution in [1.82, 2.24) is 4.72 Å². The summed E-state index contributed by atoms with van der Waals surface area (Å²) < 4.78 is 34.4. The molecule has 2 heterocycles. The Balaban J connectivity index is 1.63. The zero-order valence-electron chi connectivity index (χ0n) is 15.3. The Hall–Kier alpha value is -2.38. The second-order valence-electron chi connectivity index (χ2n) is 7.08. The van der Waals surface area contributed by atoms with Crippen molar-refractivity contribution < 1.29 is 17.9 Å². The predicted molar refractivity (Wildman–Crippen MR) is 102 cm³/mol. The van der Waals surface area contributed by atoms with E-state index in [1.807, 2.05) is 31.2 Å². The second kappa shape index (κ2) is 6.65. The number of nitrogens with zero attached hydrogens (tertiary/aromatic N) is 1. The third-order valence-corrected chi connectivity index (χ3v) is 6.64. The lowest BCUT2D eigenvalue weighted by atomic mass is 10.0.